The van der Waals surface area contributed by atoms with Gasteiger partial charge in [0, 0.05) is 0 Å². The van der Waals surface area contributed by atoms with Crippen molar-refractivity contribution in [3.8, 4) is 0 Å². The number of aryl methyl sites for hydroxylation is 1. The number of rotatable bonds is 3. The van der Waals surface area contributed by atoms with E-state index in [1.165, 1.54) is 11.9 Å². The van der Waals surface area contributed by atoms with Crippen LogP contribution < -0.4 is 4.72 Å². The summed E-state index contributed by atoms with van der Waals surface area (Å²) in [6.07, 6.45) is 0. The number of anilines is 1. The van der Waals surface area contributed by atoms with Gasteiger partial charge in [0.05, 0.1) is 8.68 Å². The van der Waals surface area contributed by atoms with E-state index in [1.807, 2.05) is 11.4 Å². The number of nitrogens with one attached hydrogen (secondary N) is 1. The maximum Gasteiger partial charge on any atom is 0.198 e. The summed E-state index contributed by atoms with van der Waals surface area (Å²) in [7, 11) is 0. The van der Waals surface area contributed by atoms with Crippen LogP contribution in [0.15, 0.2) is 24.7 Å². The van der Waals surface area contributed by atoms with Gasteiger partial charge in [-0.05, 0) is 46.2 Å². The maximum absolute atomic E-state index is 5.95. The van der Waals surface area contributed by atoms with Crippen LogP contribution in [-0.4, -0.2) is 5.16 Å². The molecule has 2 aromatic rings. The molecule has 0 aliphatic carbocycles. The summed E-state index contributed by atoms with van der Waals surface area (Å²) in [5.41, 5.74) is 0. The summed E-state index contributed by atoms with van der Waals surface area (Å²) in [5.74, 6) is 1.17. The van der Waals surface area contributed by atoms with E-state index < -0.39 is 0 Å². The zero-order chi connectivity index (χ0) is 10.8. The van der Waals surface area contributed by atoms with E-state index in [0.717, 1.165) is 8.68 Å². The minimum Gasteiger partial charge on any atom is -0.358 e. The van der Waals surface area contributed by atoms with Crippen LogP contribution in [0, 0.1) is 6.92 Å². The normalized spacial score (nSPS) is 10.6. The van der Waals surface area contributed by atoms with Gasteiger partial charge in [-0.3, -0.25) is 0 Å². The third-order valence-corrected chi connectivity index (χ3v) is 5.01. The molecule has 0 aromatic carbocycles. The molecule has 0 saturated carbocycles. The fourth-order valence-corrected chi connectivity index (χ4v) is 3.18. The number of aromatic nitrogens is 1. The van der Waals surface area contributed by atoms with Crippen LogP contribution in [0.5, 0.6) is 0 Å². The quantitative estimate of drug-likeness (QED) is 0.838. The Morgan fingerprint density at radius 3 is 3.00 bits per heavy atom. The molecule has 15 heavy (non-hydrogen) atoms. The van der Waals surface area contributed by atoms with Crippen molar-refractivity contribution < 1.29 is 4.52 Å². The minimum atomic E-state index is 0.522. The highest BCUT2D eigenvalue weighted by Crippen LogP contribution is 2.34. The topological polar surface area (TPSA) is 38.1 Å². The monoisotopic (exact) mass is 324 g/mol. The molecule has 0 fully saturated rings. The van der Waals surface area contributed by atoms with Gasteiger partial charge in [0.25, 0.3) is 0 Å². The first-order valence-electron chi connectivity index (χ1n) is 3.96. The summed E-state index contributed by atoms with van der Waals surface area (Å²) in [5, 5.41) is 6.32. The average Bonchev–Trinajstić information content (AvgIpc) is 2.74. The second-order valence-corrected chi connectivity index (χ2v) is 6.12. The highest BCUT2D eigenvalue weighted by atomic mass is 79.9. The molecule has 0 aliphatic rings. The van der Waals surface area contributed by atoms with Crippen molar-refractivity contribution in [1.29, 1.82) is 0 Å². The standard InChI is InChI=1S/C8H6BrClN2OS2/c1-4-6(10)8(11-13-4)12-15-5-2-3-14-7(5)9/h2-3H,1H3,(H,11,12). The number of hydrogen-bond acceptors (Lipinski definition) is 5. The first-order valence-corrected chi connectivity index (χ1v) is 6.83. The van der Waals surface area contributed by atoms with Crippen LogP contribution in [0.3, 0.4) is 0 Å². The Labute approximate surface area is 108 Å². The lowest BCUT2D eigenvalue weighted by atomic mass is 10.5. The number of thiophene rings is 1. The Hall–Kier alpha value is -0.170. The summed E-state index contributed by atoms with van der Waals surface area (Å²) in [6, 6.07) is 2.01. The van der Waals surface area contributed by atoms with Crippen molar-refractivity contribution in [2.24, 2.45) is 0 Å². The minimum absolute atomic E-state index is 0.522. The number of halogens is 2. The third-order valence-electron chi connectivity index (χ3n) is 1.63. The van der Waals surface area contributed by atoms with E-state index in [4.69, 9.17) is 16.1 Å². The second-order valence-electron chi connectivity index (χ2n) is 2.66. The van der Waals surface area contributed by atoms with Gasteiger partial charge in [-0.15, -0.1) is 11.3 Å². The van der Waals surface area contributed by atoms with Crippen LogP contribution in [0.2, 0.25) is 5.02 Å². The lowest BCUT2D eigenvalue weighted by Crippen LogP contribution is -1.86. The van der Waals surface area contributed by atoms with Crippen LogP contribution in [0.25, 0.3) is 0 Å². The van der Waals surface area contributed by atoms with Gasteiger partial charge in [0.15, 0.2) is 11.6 Å². The lowest BCUT2D eigenvalue weighted by molar-refractivity contribution is 0.400. The predicted octanol–water partition coefficient (Wildman–Crippen LogP) is 4.58. The van der Waals surface area contributed by atoms with Crippen LogP contribution in [-0.2, 0) is 0 Å². The molecular formula is C8H6BrClN2OS2. The highest BCUT2D eigenvalue weighted by Gasteiger charge is 2.11. The smallest absolute Gasteiger partial charge is 0.198 e. The van der Waals surface area contributed by atoms with Crippen LogP contribution in [0.1, 0.15) is 5.76 Å². The van der Waals surface area contributed by atoms with Crippen molar-refractivity contribution in [2.45, 2.75) is 11.8 Å². The molecule has 0 spiro atoms. The van der Waals surface area contributed by atoms with Gasteiger partial charge in [-0.2, -0.15) is 0 Å². The Morgan fingerprint density at radius 2 is 2.47 bits per heavy atom. The molecule has 0 bridgehead atoms. The summed E-state index contributed by atoms with van der Waals surface area (Å²) in [6.45, 7) is 1.77. The fourth-order valence-electron chi connectivity index (χ4n) is 0.881. The molecule has 80 valence electrons. The molecule has 2 rings (SSSR count). The van der Waals surface area contributed by atoms with Crippen LogP contribution >= 0.6 is 50.8 Å². The van der Waals surface area contributed by atoms with Gasteiger partial charge in [-0.1, -0.05) is 16.8 Å². The summed E-state index contributed by atoms with van der Waals surface area (Å²) in [4.78, 5) is 1.09. The predicted molar refractivity (Wildman–Crippen MR) is 67.7 cm³/mol. The molecule has 1 N–H and O–H groups in total. The first kappa shape index (κ1) is 11.3. The Balaban J connectivity index is 2.05. The molecule has 0 amide bonds. The van der Waals surface area contributed by atoms with Gasteiger partial charge in [-0.25, -0.2) is 0 Å². The average molecular weight is 326 g/mol. The third kappa shape index (κ3) is 2.50. The fraction of sp³-hybridized carbons (Fsp3) is 0.125. The zero-order valence-electron chi connectivity index (χ0n) is 7.58. The molecule has 0 aliphatic heterocycles. The van der Waals surface area contributed by atoms with Crippen LogP contribution in [0.4, 0.5) is 5.82 Å². The van der Waals surface area contributed by atoms with E-state index in [-0.39, 0.29) is 0 Å². The van der Waals surface area contributed by atoms with Crippen molar-refractivity contribution in [2.75, 3.05) is 4.72 Å². The van der Waals surface area contributed by atoms with Crippen molar-refractivity contribution in [1.82, 2.24) is 5.16 Å². The van der Waals surface area contributed by atoms with E-state index in [2.05, 4.69) is 25.8 Å². The van der Waals surface area contributed by atoms with E-state index in [9.17, 15) is 0 Å². The second kappa shape index (κ2) is 4.78. The van der Waals surface area contributed by atoms with Crippen molar-refractivity contribution in [3.05, 3.63) is 26.0 Å². The number of nitrogens with zero attached hydrogens (tertiary/aromatic N) is 1. The number of hydrogen-bond donors (Lipinski definition) is 1. The molecule has 2 aromatic heterocycles. The zero-order valence-corrected chi connectivity index (χ0v) is 11.6. The van der Waals surface area contributed by atoms with E-state index in [1.54, 1.807) is 18.3 Å². The lowest BCUT2D eigenvalue weighted by Gasteiger charge is -1.99. The highest BCUT2D eigenvalue weighted by molar-refractivity contribution is 9.11. The summed E-state index contributed by atoms with van der Waals surface area (Å²) >= 11 is 12.5. The molecular weight excluding hydrogens is 320 g/mol. The molecule has 3 nitrogen and oxygen atoms in total. The van der Waals surface area contributed by atoms with Crippen molar-refractivity contribution >= 4 is 56.6 Å². The molecule has 0 atom stereocenters. The molecule has 7 heteroatoms. The van der Waals surface area contributed by atoms with E-state index >= 15 is 0 Å². The molecule has 0 unspecified atom stereocenters. The van der Waals surface area contributed by atoms with Gasteiger partial charge in [0.1, 0.15) is 5.02 Å². The van der Waals surface area contributed by atoms with Gasteiger partial charge in [0.2, 0.25) is 0 Å². The van der Waals surface area contributed by atoms with Gasteiger partial charge < -0.3 is 9.25 Å². The Bertz CT molecular complexity index is 471. The molecule has 0 radical (unpaired) electrons. The SMILES string of the molecule is Cc1onc(NSc2ccsc2Br)c1Cl. The largest absolute Gasteiger partial charge is 0.358 e. The molecule has 0 saturated heterocycles. The van der Waals surface area contributed by atoms with E-state index in [0.29, 0.717) is 16.6 Å². The van der Waals surface area contributed by atoms with Gasteiger partial charge >= 0.3 is 0 Å². The molecule has 2 heterocycles. The maximum atomic E-state index is 5.95. The van der Waals surface area contributed by atoms with Crippen molar-refractivity contribution in [3.63, 3.8) is 0 Å². The first-order chi connectivity index (χ1) is 7.18. The Morgan fingerprint density at radius 1 is 1.67 bits per heavy atom. The summed E-state index contributed by atoms with van der Waals surface area (Å²) < 4.78 is 9.04. The Kier molecular flexibility index (Phi) is 3.60.